The van der Waals surface area contributed by atoms with Crippen molar-refractivity contribution in [2.75, 3.05) is 5.32 Å². The molecule has 0 aliphatic heterocycles. The van der Waals surface area contributed by atoms with Gasteiger partial charge >= 0.3 is 11.9 Å². The highest BCUT2D eigenvalue weighted by Crippen LogP contribution is 2.33. The second-order valence-corrected chi connectivity index (χ2v) is 7.13. The smallest absolute Gasteiger partial charge is 0.323 e. The molecule has 0 saturated heterocycles. The predicted octanol–water partition coefficient (Wildman–Crippen LogP) is 3.45. The normalized spacial score (nSPS) is 11.8. The maximum Gasteiger partial charge on any atom is 0.416 e. The Morgan fingerprint density at radius 2 is 1.81 bits per heavy atom. The zero-order valence-electron chi connectivity index (χ0n) is 17.0. The summed E-state index contributed by atoms with van der Waals surface area (Å²) in [4.78, 5) is 29.5. The van der Waals surface area contributed by atoms with E-state index in [1.165, 1.54) is 28.0 Å². The number of hydrogen-bond acceptors (Lipinski definition) is 4. The van der Waals surface area contributed by atoms with Crippen LogP contribution in [-0.4, -0.2) is 29.8 Å². The van der Waals surface area contributed by atoms with E-state index in [0.29, 0.717) is 17.6 Å². The fourth-order valence-corrected chi connectivity index (χ4v) is 3.54. The number of benzene rings is 2. The first-order valence-corrected chi connectivity index (χ1v) is 9.83. The highest BCUT2D eigenvalue weighted by molar-refractivity contribution is 5.93. The molecule has 4 rings (SSSR count). The van der Waals surface area contributed by atoms with Crippen LogP contribution in [0.2, 0.25) is 0 Å². The first-order chi connectivity index (χ1) is 15.3. The van der Waals surface area contributed by atoms with Gasteiger partial charge < -0.3 is 5.32 Å². The van der Waals surface area contributed by atoms with Crippen LogP contribution in [0.15, 0.2) is 59.9 Å². The number of carbonyl (C=O) groups excluding carboxylic acids is 1. The first kappa shape index (κ1) is 21.3. The lowest BCUT2D eigenvalue weighted by molar-refractivity contribution is -0.137. The van der Waals surface area contributed by atoms with Crippen LogP contribution in [0.25, 0.3) is 16.7 Å². The summed E-state index contributed by atoms with van der Waals surface area (Å²) in [6.07, 6.45) is -1.33. The third kappa shape index (κ3) is 4.01. The fourth-order valence-electron chi connectivity index (χ4n) is 3.54. The summed E-state index contributed by atoms with van der Waals surface area (Å²) in [6.45, 7) is 2.06. The van der Waals surface area contributed by atoms with Crippen LogP contribution in [0.3, 0.4) is 0 Å². The summed E-state index contributed by atoms with van der Waals surface area (Å²) in [6, 6.07) is 9.99. The van der Waals surface area contributed by atoms with Gasteiger partial charge in [-0.3, -0.25) is 13.9 Å². The van der Waals surface area contributed by atoms with Gasteiger partial charge in [0.25, 0.3) is 0 Å². The third-order valence-electron chi connectivity index (χ3n) is 4.94. The number of aryl methyl sites for hydroxylation is 1. The van der Waals surface area contributed by atoms with Gasteiger partial charge in [0.2, 0.25) is 5.91 Å². The van der Waals surface area contributed by atoms with Crippen LogP contribution in [0, 0.1) is 0 Å². The molecule has 2 aromatic heterocycles. The number of anilines is 1. The number of carbonyl (C=O) groups is 1. The number of rotatable bonds is 6. The van der Waals surface area contributed by atoms with Gasteiger partial charge in [-0.15, -0.1) is 0 Å². The quantitative estimate of drug-likeness (QED) is 0.494. The molecule has 0 aliphatic rings. The molecule has 2 heterocycles. The Bertz CT molecular complexity index is 1320. The summed E-state index contributed by atoms with van der Waals surface area (Å²) >= 11 is 0. The summed E-state index contributed by atoms with van der Waals surface area (Å²) in [5.74, 6) is -0.646. The van der Waals surface area contributed by atoms with Gasteiger partial charge in [-0.2, -0.15) is 18.3 Å². The van der Waals surface area contributed by atoms with E-state index in [-0.39, 0.29) is 23.6 Å². The largest absolute Gasteiger partial charge is 0.416 e. The maximum atomic E-state index is 13.2. The first-order valence-electron chi connectivity index (χ1n) is 9.83. The van der Waals surface area contributed by atoms with Crippen molar-refractivity contribution in [2.45, 2.75) is 32.6 Å². The number of imidazole rings is 1. The van der Waals surface area contributed by atoms with E-state index in [0.717, 1.165) is 18.6 Å². The van der Waals surface area contributed by atoms with Crippen molar-refractivity contribution in [2.24, 2.45) is 0 Å². The Kier molecular flexibility index (Phi) is 5.56. The molecule has 0 radical (unpaired) electrons. The van der Waals surface area contributed by atoms with Gasteiger partial charge in [0.15, 0.2) is 0 Å². The number of alkyl halides is 3. The Morgan fingerprint density at radius 3 is 2.44 bits per heavy atom. The topological polar surface area (TPSA) is 86.7 Å². The Labute approximate surface area is 179 Å². The second-order valence-electron chi connectivity index (χ2n) is 7.13. The molecule has 0 fully saturated rings. The van der Waals surface area contributed by atoms with Gasteiger partial charge in [-0.25, -0.2) is 14.5 Å². The van der Waals surface area contributed by atoms with E-state index in [2.05, 4.69) is 15.4 Å². The summed E-state index contributed by atoms with van der Waals surface area (Å²) in [5, 5.41) is 6.42. The molecule has 0 spiro atoms. The molecule has 4 aromatic rings. The van der Waals surface area contributed by atoms with Crippen molar-refractivity contribution in [3.63, 3.8) is 0 Å². The van der Waals surface area contributed by atoms with E-state index in [1.54, 1.807) is 28.8 Å². The van der Waals surface area contributed by atoms with Crippen molar-refractivity contribution < 1.29 is 18.0 Å². The molecule has 166 valence electrons. The molecule has 0 unspecified atom stereocenters. The molecular weight excluding hydrogens is 425 g/mol. The van der Waals surface area contributed by atoms with Gasteiger partial charge in [0.1, 0.15) is 19.2 Å². The van der Waals surface area contributed by atoms with Crippen LogP contribution < -0.4 is 11.0 Å². The summed E-state index contributed by atoms with van der Waals surface area (Å²) in [5.41, 5.74) is 0.0959. The summed E-state index contributed by atoms with van der Waals surface area (Å²) in [7, 11) is 0. The predicted molar refractivity (Wildman–Crippen MR) is 111 cm³/mol. The molecule has 11 heteroatoms. The number of aromatic nitrogens is 5. The van der Waals surface area contributed by atoms with Gasteiger partial charge in [-0.1, -0.05) is 19.1 Å². The van der Waals surface area contributed by atoms with Crippen LogP contribution in [-0.2, 0) is 24.1 Å². The van der Waals surface area contributed by atoms with Crippen LogP contribution in [0.4, 0.5) is 18.9 Å². The lowest BCUT2D eigenvalue weighted by Gasteiger charge is -2.14. The Balaban J connectivity index is 1.70. The van der Waals surface area contributed by atoms with E-state index in [1.807, 2.05) is 6.92 Å². The molecule has 8 nitrogen and oxygen atoms in total. The Hall–Kier alpha value is -3.89. The molecule has 2 aromatic carbocycles. The van der Waals surface area contributed by atoms with Crippen LogP contribution >= 0.6 is 0 Å². The minimum absolute atomic E-state index is 0.0966. The zero-order valence-corrected chi connectivity index (χ0v) is 17.0. The molecule has 32 heavy (non-hydrogen) atoms. The lowest BCUT2D eigenvalue weighted by atomic mass is 10.1. The minimum atomic E-state index is -4.59. The van der Waals surface area contributed by atoms with Gasteiger partial charge in [0.05, 0.1) is 28.0 Å². The third-order valence-corrected chi connectivity index (χ3v) is 4.94. The maximum absolute atomic E-state index is 13.2. The molecular formula is C21H19F3N6O2. The molecule has 0 atom stereocenters. The van der Waals surface area contributed by atoms with Crippen molar-refractivity contribution in [3.8, 4) is 5.69 Å². The molecule has 0 aliphatic carbocycles. The summed E-state index contributed by atoms with van der Waals surface area (Å²) < 4.78 is 43.8. The monoisotopic (exact) mass is 444 g/mol. The molecule has 1 amide bonds. The number of fused-ring (bicyclic) bond motifs is 1. The van der Waals surface area contributed by atoms with Crippen molar-refractivity contribution in [1.82, 2.24) is 23.9 Å². The van der Waals surface area contributed by atoms with E-state index in [9.17, 15) is 22.8 Å². The van der Waals surface area contributed by atoms with Crippen molar-refractivity contribution >= 4 is 22.6 Å². The second kappa shape index (κ2) is 8.33. The molecule has 0 bridgehead atoms. The van der Waals surface area contributed by atoms with Crippen molar-refractivity contribution in [1.29, 1.82) is 0 Å². The number of hydrogen-bond donors (Lipinski definition) is 1. The Morgan fingerprint density at radius 1 is 1.09 bits per heavy atom. The van der Waals surface area contributed by atoms with E-state index >= 15 is 0 Å². The van der Waals surface area contributed by atoms with Gasteiger partial charge in [-0.05, 0) is 36.8 Å². The average Bonchev–Trinajstić information content (AvgIpc) is 3.37. The molecule has 1 N–H and O–H groups in total. The number of para-hydroxylation sites is 2. The average molecular weight is 444 g/mol. The zero-order chi connectivity index (χ0) is 22.9. The lowest BCUT2D eigenvalue weighted by Crippen LogP contribution is -2.29. The standard InChI is InChI=1S/C21H19F3N6O2/c1-2-9-28-17-5-3-4-6-18(17)29(20(28)32)11-19(31)27-15-10-14(21(22,23)24)7-8-16(15)30-13-25-12-26-30/h3-8,10,12-13H,2,9,11H2,1H3,(H,27,31). The van der Waals surface area contributed by atoms with Crippen LogP contribution in [0.1, 0.15) is 18.9 Å². The minimum Gasteiger partial charge on any atom is -0.323 e. The van der Waals surface area contributed by atoms with E-state index in [4.69, 9.17) is 0 Å². The van der Waals surface area contributed by atoms with Gasteiger partial charge in [0, 0.05) is 6.54 Å². The number of nitrogens with one attached hydrogen (secondary N) is 1. The van der Waals surface area contributed by atoms with E-state index < -0.39 is 17.6 Å². The SMILES string of the molecule is CCCn1c(=O)n(CC(=O)Nc2cc(C(F)(F)F)ccc2-n2cncn2)c2ccccc21. The number of halogens is 3. The number of amides is 1. The molecule has 0 saturated carbocycles. The number of nitrogens with zero attached hydrogens (tertiary/aromatic N) is 5. The highest BCUT2D eigenvalue weighted by atomic mass is 19.4. The van der Waals surface area contributed by atoms with Crippen molar-refractivity contribution in [3.05, 3.63) is 71.2 Å². The highest BCUT2D eigenvalue weighted by Gasteiger charge is 2.31. The fraction of sp³-hybridized carbons (Fsp3) is 0.238. The van der Waals surface area contributed by atoms with Crippen LogP contribution in [0.5, 0.6) is 0 Å².